The minimum absolute atomic E-state index is 0.146. The molecule has 5 nitrogen and oxygen atoms in total. The minimum Gasteiger partial charge on any atom is -0.343 e. The van der Waals surface area contributed by atoms with Crippen molar-refractivity contribution in [2.45, 2.75) is 38.0 Å². The summed E-state index contributed by atoms with van der Waals surface area (Å²) in [6.45, 7) is 4.35. The van der Waals surface area contributed by atoms with E-state index in [1.54, 1.807) is 0 Å². The van der Waals surface area contributed by atoms with E-state index in [1.165, 1.54) is 5.56 Å². The minimum atomic E-state index is 0.146. The number of nitrogens with zero attached hydrogens (tertiary/aromatic N) is 2. The van der Waals surface area contributed by atoms with Crippen LogP contribution in [0.15, 0.2) is 24.3 Å². The van der Waals surface area contributed by atoms with Crippen LogP contribution >= 0.6 is 0 Å². The summed E-state index contributed by atoms with van der Waals surface area (Å²) in [7, 11) is 0. The number of carbonyl (C=O) groups is 2. The molecule has 0 saturated carbocycles. The van der Waals surface area contributed by atoms with Crippen LogP contribution in [0.5, 0.6) is 0 Å². The number of anilines is 1. The third kappa shape index (κ3) is 3.30. The van der Waals surface area contributed by atoms with Crippen LogP contribution in [0.3, 0.4) is 0 Å². The molecule has 1 aromatic rings. The molecule has 5 heteroatoms. The Kier molecular flexibility index (Phi) is 4.75. The molecular weight excluding hydrogens is 314 g/mol. The molecule has 1 unspecified atom stereocenters. The SMILES string of the molecule is O=C1CCCN1CCC1CN(C(=O)C2CCNCC2)c2ccccc21. The van der Waals surface area contributed by atoms with Gasteiger partial charge in [0.15, 0.2) is 0 Å². The lowest BCUT2D eigenvalue weighted by atomic mass is 9.96. The number of amides is 2. The van der Waals surface area contributed by atoms with Gasteiger partial charge in [-0.15, -0.1) is 0 Å². The van der Waals surface area contributed by atoms with Crippen LogP contribution in [0.1, 0.15) is 43.6 Å². The van der Waals surface area contributed by atoms with Crippen molar-refractivity contribution >= 4 is 17.5 Å². The van der Waals surface area contributed by atoms with Crippen molar-refractivity contribution in [3.05, 3.63) is 29.8 Å². The molecule has 0 bridgehead atoms. The van der Waals surface area contributed by atoms with Crippen molar-refractivity contribution in [1.29, 1.82) is 0 Å². The van der Waals surface area contributed by atoms with Gasteiger partial charge in [0.2, 0.25) is 11.8 Å². The van der Waals surface area contributed by atoms with E-state index in [9.17, 15) is 9.59 Å². The van der Waals surface area contributed by atoms with E-state index in [4.69, 9.17) is 0 Å². The van der Waals surface area contributed by atoms with E-state index in [-0.39, 0.29) is 17.7 Å². The highest BCUT2D eigenvalue weighted by atomic mass is 16.2. The zero-order valence-electron chi connectivity index (χ0n) is 14.7. The third-order valence-electron chi connectivity index (χ3n) is 5.94. The van der Waals surface area contributed by atoms with Crippen molar-refractivity contribution < 1.29 is 9.59 Å². The Morgan fingerprint density at radius 3 is 2.76 bits per heavy atom. The number of benzene rings is 1. The number of fused-ring (bicyclic) bond motifs is 1. The Bertz CT molecular complexity index is 654. The molecule has 25 heavy (non-hydrogen) atoms. The second-order valence-corrected chi connectivity index (χ2v) is 7.50. The number of carbonyl (C=O) groups excluding carboxylic acids is 2. The number of nitrogens with one attached hydrogen (secondary N) is 1. The molecule has 1 atom stereocenters. The van der Waals surface area contributed by atoms with Gasteiger partial charge in [-0.05, 0) is 50.4 Å². The van der Waals surface area contributed by atoms with Crippen molar-refractivity contribution in [2.24, 2.45) is 5.92 Å². The largest absolute Gasteiger partial charge is 0.343 e. The fourth-order valence-electron chi connectivity index (χ4n) is 4.49. The van der Waals surface area contributed by atoms with Gasteiger partial charge >= 0.3 is 0 Å². The molecule has 0 radical (unpaired) electrons. The highest BCUT2D eigenvalue weighted by Gasteiger charge is 2.35. The monoisotopic (exact) mass is 341 g/mol. The molecule has 2 fully saturated rings. The maximum absolute atomic E-state index is 13.1. The van der Waals surface area contributed by atoms with Crippen LogP contribution in [-0.4, -0.2) is 49.4 Å². The molecule has 0 aromatic heterocycles. The van der Waals surface area contributed by atoms with Crippen LogP contribution in [-0.2, 0) is 9.59 Å². The average molecular weight is 341 g/mol. The summed E-state index contributed by atoms with van der Waals surface area (Å²) in [5.74, 6) is 1.06. The lowest BCUT2D eigenvalue weighted by Gasteiger charge is -2.27. The quantitative estimate of drug-likeness (QED) is 0.913. The van der Waals surface area contributed by atoms with Crippen molar-refractivity contribution in [3.8, 4) is 0 Å². The first kappa shape index (κ1) is 16.6. The molecule has 134 valence electrons. The zero-order chi connectivity index (χ0) is 17.2. The summed E-state index contributed by atoms with van der Waals surface area (Å²) in [5, 5.41) is 3.34. The second kappa shape index (κ2) is 7.16. The summed E-state index contributed by atoms with van der Waals surface area (Å²) >= 11 is 0. The summed E-state index contributed by atoms with van der Waals surface area (Å²) in [5.41, 5.74) is 2.36. The van der Waals surface area contributed by atoms with Gasteiger partial charge in [0, 0.05) is 43.6 Å². The Labute approximate surface area is 149 Å². The van der Waals surface area contributed by atoms with Crippen molar-refractivity contribution in [3.63, 3.8) is 0 Å². The Balaban J connectivity index is 1.47. The summed E-state index contributed by atoms with van der Waals surface area (Å²) in [6.07, 6.45) is 4.50. The first-order valence-electron chi connectivity index (χ1n) is 9.63. The molecule has 2 amide bonds. The predicted molar refractivity (Wildman–Crippen MR) is 97.6 cm³/mol. The molecule has 1 aromatic carbocycles. The summed E-state index contributed by atoms with van der Waals surface area (Å²) < 4.78 is 0. The number of rotatable bonds is 4. The standard InChI is InChI=1S/C20H27N3O2/c24-19-6-3-12-22(19)13-9-16-14-23(18-5-2-1-4-17(16)18)20(25)15-7-10-21-11-8-15/h1-2,4-5,15-16,21H,3,6-14H2. The van der Waals surface area contributed by atoms with Crippen LogP contribution in [0.25, 0.3) is 0 Å². The van der Waals surface area contributed by atoms with E-state index in [1.807, 2.05) is 15.9 Å². The number of hydrogen-bond donors (Lipinski definition) is 1. The second-order valence-electron chi connectivity index (χ2n) is 7.50. The van der Waals surface area contributed by atoms with Crippen LogP contribution in [0, 0.1) is 5.92 Å². The van der Waals surface area contributed by atoms with Gasteiger partial charge in [-0.25, -0.2) is 0 Å². The third-order valence-corrected chi connectivity index (χ3v) is 5.94. The molecule has 0 aliphatic carbocycles. The van der Waals surface area contributed by atoms with Crippen molar-refractivity contribution in [2.75, 3.05) is 37.6 Å². The van der Waals surface area contributed by atoms with E-state index in [0.717, 1.165) is 64.1 Å². The van der Waals surface area contributed by atoms with Gasteiger partial charge in [-0.3, -0.25) is 9.59 Å². The first-order chi connectivity index (χ1) is 12.2. The van der Waals surface area contributed by atoms with Gasteiger partial charge in [0.25, 0.3) is 0 Å². The molecule has 3 heterocycles. The summed E-state index contributed by atoms with van der Waals surface area (Å²) in [6, 6.07) is 8.32. The topological polar surface area (TPSA) is 52.7 Å². The van der Waals surface area contributed by atoms with Crippen LogP contribution in [0.2, 0.25) is 0 Å². The van der Waals surface area contributed by atoms with Crippen LogP contribution < -0.4 is 10.2 Å². The summed E-state index contributed by atoms with van der Waals surface area (Å²) in [4.78, 5) is 28.9. The molecule has 4 rings (SSSR count). The van der Waals surface area contributed by atoms with Crippen molar-refractivity contribution in [1.82, 2.24) is 10.2 Å². The van der Waals surface area contributed by atoms with E-state index in [0.29, 0.717) is 12.3 Å². The number of piperidine rings is 1. The smallest absolute Gasteiger partial charge is 0.230 e. The fourth-order valence-corrected chi connectivity index (χ4v) is 4.49. The fraction of sp³-hybridized carbons (Fsp3) is 0.600. The first-order valence-corrected chi connectivity index (χ1v) is 9.63. The maximum atomic E-state index is 13.1. The Morgan fingerprint density at radius 1 is 1.20 bits per heavy atom. The molecule has 1 N–H and O–H groups in total. The number of para-hydroxylation sites is 1. The number of hydrogen-bond acceptors (Lipinski definition) is 3. The highest BCUT2D eigenvalue weighted by Crippen LogP contribution is 2.39. The zero-order valence-corrected chi connectivity index (χ0v) is 14.7. The van der Waals surface area contributed by atoms with Gasteiger partial charge in [0.05, 0.1) is 0 Å². The maximum Gasteiger partial charge on any atom is 0.230 e. The van der Waals surface area contributed by atoms with Crippen LogP contribution in [0.4, 0.5) is 5.69 Å². The Hall–Kier alpha value is -1.88. The van der Waals surface area contributed by atoms with Gasteiger partial charge in [0.1, 0.15) is 0 Å². The van der Waals surface area contributed by atoms with Gasteiger partial charge in [-0.1, -0.05) is 18.2 Å². The normalized spacial score (nSPS) is 24.0. The molecular formula is C20H27N3O2. The van der Waals surface area contributed by atoms with Gasteiger partial charge in [-0.2, -0.15) is 0 Å². The molecule has 2 saturated heterocycles. The molecule has 3 aliphatic heterocycles. The lowest BCUT2D eigenvalue weighted by molar-refractivity contribution is -0.128. The van der Waals surface area contributed by atoms with E-state index < -0.39 is 0 Å². The predicted octanol–water partition coefficient (Wildman–Crippen LogP) is 2.13. The van der Waals surface area contributed by atoms with Gasteiger partial charge < -0.3 is 15.1 Å². The van der Waals surface area contributed by atoms with E-state index >= 15 is 0 Å². The Morgan fingerprint density at radius 2 is 2.00 bits per heavy atom. The lowest BCUT2D eigenvalue weighted by Crippen LogP contribution is -2.40. The van der Waals surface area contributed by atoms with E-state index in [2.05, 4.69) is 23.5 Å². The molecule has 3 aliphatic rings. The average Bonchev–Trinajstić information content (AvgIpc) is 3.23. The highest BCUT2D eigenvalue weighted by molar-refractivity contribution is 5.97. The number of likely N-dealkylation sites (tertiary alicyclic amines) is 1. The molecule has 0 spiro atoms.